The van der Waals surface area contributed by atoms with E-state index in [9.17, 15) is 8.78 Å². The summed E-state index contributed by atoms with van der Waals surface area (Å²) < 4.78 is 28.4. The van der Waals surface area contributed by atoms with E-state index in [1.807, 2.05) is 12.1 Å². The molecule has 0 amide bonds. The molecule has 2 rings (SSSR count). The molecule has 0 aromatic heterocycles. The van der Waals surface area contributed by atoms with Gasteiger partial charge in [-0.15, -0.1) is 0 Å². The standard InChI is InChI=1S/C15H22F2N2O/c1-11(9-13-3-2-8-18-13)19-10-12-4-6-14(7-5-12)20-15(16)17/h4-7,11,13,15,18-19H,2-3,8-10H2,1H3. The van der Waals surface area contributed by atoms with Crippen LogP contribution in [0.5, 0.6) is 5.75 Å². The fourth-order valence-electron chi connectivity index (χ4n) is 2.55. The first-order valence-corrected chi connectivity index (χ1v) is 7.14. The van der Waals surface area contributed by atoms with E-state index in [1.165, 1.54) is 12.8 Å². The van der Waals surface area contributed by atoms with Gasteiger partial charge in [0.15, 0.2) is 0 Å². The molecule has 0 bridgehead atoms. The summed E-state index contributed by atoms with van der Waals surface area (Å²) in [7, 11) is 0. The third kappa shape index (κ3) is 5.06. The molecule has 2 atom stereocenters. The second-order valence-corrected chi connectivity index (χ2v) is 5.33. The fraction of sp³-hybridized carbons (Fsp3) is 0.600. The molecule has 1 aliphatic rings. The van der Waals surface area contributed by atoms with Crippen molar-refractivity contribution in [3.05, 3.63) is 29.8 Å². The maximum absolute atomic E-state index is 12.0. The SMILES string of the molecule is CC(CC1CCCN1)NCc1ccc(OC(F)F)cc1. The van der Waals surface area contributed by atoms with Gasteiger partial charge in [-0.25, -0.2) is 0 Å². The average molecular weight is 284 g/mol. The monoisotopic (exact) mass is 284 g/mol. The van der Waals surface area contributed by atoms with E-state index in [1.54, 1.807) is 12.1 Å². The van der Waals surface area contributed by atoms with Gasteiger partial charge in [-0.2, -0.15) is 8.78 Å². The molecule has 3 nitrogen and oxygen atoms in total. The largest absolute Gasteiger partial charge is 0.435 e. The highest BCUT2D eigenvalue weighted by atomic mass is 19.3. The zero-order valence-corrected chi connectivity index (χ0v) is 11.7. The van der Waals surface area contributed by atoms with E-state index in [0.29, 0.717) is 12.1 Å². The smallest absolute Gasteiger partial charge is 0.387 e. The van der Waals surface area contributed by atoms with Gasteiger partial charge in [0, 0.05) is 18.6 Å². The molecule has 1 saturated heterocycles. The Labute approximate surface area is 118 Å². The van der Waals surface area contributed by atoms with Crippen LogP contribution in [0.15, 0.2) is 24.3 Å². The Kier molecular flexibility index (Phi) is 5.73. The van der Waals surface area contributed by atoms with E-state index in [2.05, 4.69) is 22.3 Å². The lowest BCUT2D eigenvalue weighted by Crippen LogP contribution is -2.33. The number of alkyl halides is 2. The Morgan fingerprint density at radius 3 is 2.70 bits per heavy atom. The molecular weight excluding hydrogens is 262 g/mol. The summed E-state index contributed by atoms with van der Waals surface area (Å²) >= 11 is 0. The molecule has 0 spiro atoms. The van der Waals surface area contributed by atoms with Gasteiger partial charge in [0.2, 0.25) is 0 Å². The summed E-state index contributed by atoms with van der Waals surface area (Å²) in [5.41, 5.74) is 1.07. The van der Waals surface area contributed by atoms with Crippen LogP contribution in [-0.4, -0.2) is 25.2 Å². The minimum Gasteiger partial charge on any atom is -0.435 e. The molecule has 5 heteroatoms. The summed E-state index contributed by atoms with van der Waals surface area (Å²) in [6.45, 7) is 1.28. The van der Waals surface area contributed by atoms with Crippen LogP contribution in [0.4, 0.5) is 8.78 Å². The molecule has 112 valence electrons. The van der Waals surface area contributed by atoms with Crippen LogP contribution in [0.3, 0.4) is 0 Å². The maximum Gasteiger partial charge on any atom is 0.387 e. The molecule has 0 radical (unpaired) electrons. The van der Waals surface area contributed by atoms with Gasteiger partial charge in [0.1, 0.15) is 5.75 Å². The summed E-state index contributed by atoms with van der Waals surface area (Å²) in [5.74, 6) is 0.201. The first-order valence-electron chi connectivity index (χ1n) is 7.14. The summed E-state index contributed by atoms with van der Waals surface area (Å²) in [6, 6.07) is 7.83. The number of ether oxygens (including phenoxy) is 1. The highest BCUT2D eigenvalue weighted by Crippen LogP contribution is 2.15. The molecule has 1 heterocycles. The Morgan fingerprint density at radius 2 is 2.10 bits per heavy atom. The summed E-state index contributed by atoms with van der Waals surface area (Å²) in [5, 5.41) is 6.94. The van der Waals surface area contributed by atoms with Gasteiger partial charge in [-0.05, 0) is 50.4 Å². The number of nitrogens with one attached hydrogen (secondary N) is 2. The zero-order chi connectivity index (χ0) is 14.4. The highest BCUT2D eigenvalue weighted by Gasteiger charge is 2.16. The maximum atomic E-state index is 12.0. The number of benzene rings is 1. The first kappa shape index (κ1) is 15.2. The van der Waals surface area contributed by atoms with Crippen molar-refractivity contribution in [1.29, 1.82) is 0 Å². The van der Waals surface area contributed by atoms with Crippen LogP contribution in [0.2, 0.25) is 0 Å². The van der Waals surface area contributed by atoms with Crippen molar-refractivity contribution in [1.82, 2.24) is 10.6 Å². The van der Waals surface area contributed by atoms with E-state index in [-0.39, 0.29) is 5.75 Å². The fourth-order valence-corrected chi connectivity index (χ4v) is 2.55. The Balaban J connectivity index is 1.72. The van der Waals surface area contributed by atoms with Crippen LogP contribution < -0.4 is 15.4 Å². The predicted molar refractivity (Wildman–Crippen MR) is 75.0 cm³/mol. The topological polar surface area (TPSA) is 33.3 Å². The van der Waals surface area contributed by atoms with Crippen molar-refractivity contribution in [3.63, 3.8) is 0 Å². The molecule has 2 N–H and O–H groups in total. The lowest BCUT2D eigenvalue weighted by molar-refractivity contribution is -0.0498. The lowest BCUT2D eigenvalue weighted by atomic mass is 10.1. The number of halogens is 2. The van der Waals surface area contributed by atoms with Crippen molar-refractivity contribution < 1.29 is 13.5 Å². The van der Waals surface area contributed by atoms with E-state index in [4.69, 9.17) is 0 Å². The quantitative estimate of drug-likeness (QED) is 0.807. The second-order valence-electron chi connectivity index (χ2n) is 5.33. The Hall–Kier alpha value is -1.20. The van der Waals surface area contributed by atoms with Crippen LogP contribution in [0.25, 0.3) is 0 Å². The molecule has 2 unspecified atom stereocenters. The van der Waals surface area contributed by atoms with E-state index in [0.717, 1.165) is 25.1 Å². The normalized spacial score (nSPS) is 20.3. The van der Waals surface area contributed by atoms with Gasteiger partial charge in [-0.3, -0.25) is 0 Å². The number of hydrogen-bond donors (Lipinski definition) is 2. The zero-order valence-electron chi connectivity index (χ0n) is 11.7. The van der Waals surface area contributed by atoms with Gasteiger partial charge >= 0.3 is 6.61 Å². The van der Waals surface area contributed by atoms with Crippen LogP contribution >= 0.6 is 0 Å². The van der Waals surface area contributed by atoms with E-state index >= 15 is 0 Å². The average Bonchev–Trinajstić information content (AvgIpc) is 2.90. The molecule has 1 fully saturated rings. The van der Waals surface area contributed by atoms with Crippen molar-refractivity contribution >= 4 is 0 Å². The molecule has 1 aromatic carbocycles. The molecule has 1 aliphatic heterocycles. The minimum absolute atomic E-state index is 0.201. The lowest BCUT2D eigenvalue weighted by Gasteiger charge is -2.18. The minimum atomic E-state index is -2.77. The highest BCUT2D eigenvalue weighted by molar-refractivity contribution is 5.27. The first-order chi connectivity index (χ1) is 9.63. The van der Waals surface area contributed by atoms with Crippen molar-refractivity contribution in [2.24, 2.45) is 0 Å². The summed E-state index contributed by atoms with van der Waals surface area (Å²) in [6.07, 6.45) is 3.64. The third-order valence-corrected chi connectivity index (χ3v) is 3.60. The molecule has 0 saturated carbocycles. The summed E-state index contributed by atoms with van der Waals surface area (Å²) in [4.78, 5) is 0. The Bertz CT molecular complexity index is 391. The van der Waals surface area contributed by atoms with Gasteiger partial charge in [-0.1, -0.05) is 12.1 Å². The van der Waals surface area contributed by atoms with Gasteiger partial charge in [0.05, 0.1) is 0 Å². The van der Waals surface area contributed by atoms with Crippen molar-refractivity contribution in [3.8, 4) is 5.75 Å². The van der Waals surface area contributed by atoms with Crippen LogP contribution in [-0.2, 0) is 6.54 Å². The molecular formula is C15H22F2N2O. The van der Waals surface area contributed by atoms with E-state index < -0.39 is 6.61 Å². The molecule has 20 heavy (non-hydrogen) atoms. The van der Waals surface area contributed by atoms with Gasteiger partial charge in [0.25, 0.3) is 0 Å². The third-order valence-electron chi connectivity index (χ3n) is 3.60. The Morgan fingerprint density at radius 1 is 1.35 bits per heavy atom. The predicted octanol–water partition coefficient (Wildman–Crippen LogP) is 2.91. The number of hydrogen-bond acceptors (Lipinski definition) is 3. The number of rotatable bonds is 7. The van der Waals surface area contributed by atoms with Crippen molar-refractivity contribution in [2.45, 2.75) is 51.4 Å². The molecule has 0 aliphatic carbocycles. The molecule has 1 aromatic rings. The van der Waals surface area contributed by atoms with Crippen molar-refractivity contribution in [2.75, 3.05) is 6.54 Å². The second kappa shape index (κ2) is 7.55. The van der Waals surface area contributed by atoms with Gasteiger partial charge < -0.3 is 15.4 Å². The van der Waals surface area contributed by atoms with Crippen LogP contribution in [0.1, 0.15) is 31.7 Å². The van der Waals surface area contributed by atoms with Crippen LogP contribution in [0, 0.1) is 0 Å².